The van der Waals surface area contributed by atoms with E-state index in [1.165, 1.54) is 16.7 Å². The van der Waals surface area contributed by atoms with Crippen LogP contribution >= 0.6 is 11.3 Å². The third-order valence-electron chi connectivity index (χ3n) is 5.86. The number of rotatable bonds is 6. The molecule has 0 atom stereocenters. The molecule has 0 radical (unpaired) electrons. The third-order valence-corrected chi connectivity index (χ3v) is 7.09. The molecule has 3 aromatic rings. The lowest BCUT2D eigenvalue weighted by Gasteiger charge is -2.28. The van der Waals surface area contributed by atoms with Crippen LogP contribution in [0.4, 0.5) is 5.13 Å². The first-order valence-electron chi connectivity index (χ1n) is 11.0. The molecule has 1 aliphatic heterocycles. The lowest BCUT2D eigenvalue weighted by Crippen LogP contribution is -2.39. The molecule has 0 saturated carbocycles. The summed E-state index contributed by atoms with van der Waals surface area (Å²) in [6.45, 7) is 13.4. The van der Waals surface area contributed by atoms with Crippen molar-refractivity contribution in [3.8, 4) is 0 Å². The van der Waals surface area contributed by atoms with Gasteiger partial charge in [0.05, 0.1) is 23.4 Å². The van der Waals surface area contributed by atoms with Crippen molar-refractivity contribution in [3.05, 3.63) is 58.1 Å². The summed E-state index contributed by atoms with van der Waals surface area (Å²) in [5.41, 5.74) is 6.32. The van der Waals surface area contributed by atoms with Crippen LogP contribution in [0.1, 0.15) is 39.0 Å². The number of anilines is 1. The first-order valence-corrected chi connectivity index (χ1v) is 11.8. The summed E-state index contributed by atoms with van der Waals surface area (Å²) in [5, 5.41) is 0.788. The highest BCUT2D eigenvalue weighted by atomic mass is 32.1. The topological polar surface area (TPSA) is 45.7 Å². The number of hydrogen-bond donors (Lipinski definition) is 0. The SMILES string of the molecule is Cc1ccc(C(=O)N(CCCN2CCOCC2)c2nc3cc(C)cc(C)c3s2)c(C)c1. The Morgan fingerprint density at radius 3 is 2.55 bits per heavy atom. The molecule has 164 valence electrons. The van der Waals surface area contributed by atoms with Crippen molar-refractivity contribution in [3.63, 3.8) is 0 Å². The lowest BCUT2D eigenvalue weighted by atomic mass is 10.0. The summed E-state index contributed by atoms with van der Waals surface area (Å²) in [5.74, 6) is 0.0351. The Hall–Kier alpha value is -2.28. The Morgan fingerprint density at radius 2 is 1.81 bits per heavy atom. The zero-order valence-electron chi connectivity index (χ0n) is 18.9. The third kappa shape index (κ3) is 4.97. The number of benzene rings is 2. The maximum atomic E-state index is 13.6. The van der Waals surface area contributed by atoms with Crippen LogP contribution in [0.15, 0.2) is 30.3 Å². The number of ether oxygens (including phenoxy) is 1. The maximum Gasteiger partial charge on any atom is 0.260 e. The zero-order chi connectivity index (χ0) is 22.0. The van der Waals surface area contributed by atoms with E-state index < -0.39 is 0 Å². The number of aryl methyl sites for hydroxylation is 4. The largest absolute Gasteiger partial charge is 0.379 e. The summed E-state index contributed by atoms with van der Waals surface area (Å²) < 4.78 is 6.61. The van der Waals surface area contributed by atoms with Crippen LogP contribution in [0.3, 0.4) is 0 Å². The summed E-state index contributed by atoms with van der Waals surface area (Å²) in [7, 11) is 0. The minimum absolute atomic E-state index is 0.0351. The molecule has 0 N–H and O–H groups in total. The Bertz CT molecular complexity index is 1090. The van der Waals surface area contributed by atoms with Crippen LogP contribution in [-0.4, -0.2) is 55.2 Å². The van der Waals surface area contributed by atoms with Gasteiger partial charge in [-0.2, -0.15) is 0 Å². The van der Waals surface area contributed by atoms with E-state index >= 15 is 0 Å². The van der Waals surface area contributed by atoms with Crippen LogP contribution < -0.4 is 4.90 Å². The maximum absolute atomic E-state index is 13.6. The molecule has 5 nitrogen and oxygen atoms in total. The van der Waals surface area contributed by atoms with E-state index in [4.69, 9.17) is 9.72 Å². The smallest absolute Gasteiger partial charge is 0.260 e. The van der Waals surface area contributed by atoms with Crippen molar-refractivity contribution in [2.45, 2.75) is 34.1 Å². The van der Waals surface area contributed by atoms with Crippen molar-refractivity contribution < 1.29 is 9.53 Å². The molecule has 1 saturated heterocycles. The molecule has 0 bridgehead atoms. The Balaban J connectivity index is 1.63. The molecular formula is C25H31N3O2S. The molecule has 31 heavy (non-hydrogen) atoms. The number of carbonyl (C=O) groups is 1. The fourth-order valence-electron chi connectivity index (χ4n) is 4.24. The summed E-state index contributed by atoms with van der Waals surface area (Å²) in [6, 6.07) is 10.3. The minimum atomic E-state index is 0.0351. The van der Waals surface area contributed by atoms with Crippen LogP contribution in [0, 0.1) is 27.7 Å². The first kappa shape index (κ1) is 21.9. The van der Waals surface area contributed by atoms with Crippen LogP contribution in [-0.2, 0) is 4.74 Å². The molecule has 6 heteroatoms. The molecular weight excluding hydrogens is 406 g/mol. The van der Waals surface area contributed by atoms with Gasteiger partial charge in [0.1, 0.15) is 0 Å². The Morgan fingerprint density at radius 1 is 1.06 bits per heavy atom. The summed E-state index contributed by atoms with van der Waals surface area (Å²) >= 11 is 1.62. The first-order chi connectivity index (χ1) is 14.9. The molecule has 0 spiro atoms. The normalized spacial score (nSPS) is 14.8. The van der Waals surface area contributed by atoms with E-state index in [0.29, 0.717) is 6.54 Å². The monoisotopic (exact) mass is 437 g/mol. The highest BCUT2D eigenvalue weighted by molar-refractivity contribution is 7.22. The number of morpholine rings is 1. The number of fused-ring (bicyclic) bond motifs is 1. The Labute approximate surface area is 188 Å². The van der Waals surface area contributed by atoms with Gasteiger partial charge in [0.25, 0.3) is 5.91 Å². The molecule has 4 rings (SSSR count). The minimum Gasteiger partial charge on any atom is -0.379 e. The van der Waals surface area contributed by atoms with Gasteiger partial charge in [-0.15, -0.1) is 0 Å². The predicted octanol–water partition coefficient (Wildman–Crippen LogP) is 4.90. The number of aromatic nitrogens is 1. The fourth-order valence-corrected chi connectivity index (χ4v) is 5.28. The van der Waals surface area contributed by atoms with E-state index in [-0.39, 0.29) is 5.91 Å². The van der Waals surface area contributed by atoms with Crippen LogP contribution in [0.2, 0.25) is 0 Å². The average molecular weight is 438 g/mol. The van der Waals surface area contributed by atoms with Crippen molar-refractivity contribution >= 4 is 32.6 Å². The quantitative estimate of drug-likeness (QED) is 0.550. The van der Waals surface area contributed by atoms with Crippen molar-refractivity contribution in [1.82, 2.24) is 9.88 Å². The zero-order valence-corrected chi connectivity index (χ0v) is 19.7. The van der Waals surface area contributed by atoms with Gasteiger partial charge in [-0.25, -0.2) is 4.98 Å². The van der Waals surface area contributed by atoms with E-state index in [1.54, 1.807) is 11.3 Å². The van der Waals surface area contributed by atoms with Crippen molar-refractivity contribution in [1.29, 1.82) is 0 Å². The van der Waals surface area contributed by atoms with E-state index in [2.05, 4.69) is 43.9 Å². The molecule has 2 heterocycles. The van der Waals surface area contributed by atoms with Gasteiger partial charge in [0.2, 0.25) is 0 Å². The molecule has 1 aliphatic rings. The number of hydrogen-bond acceptors (Lipinski definition) is 5. The molecule has 2 aromatic carbocycles. The lowest BCUT2D eigenvalue weighted by molar-refractivity contribution is 0.0376. The average Bonchev–Trinajstić information content (AvgIpc) is 3.15. The second-order valence-corrected chi connectivity index (χ2v) is 9.49. The van der Waals surface area contributed by atoms with Gasteiger partial charge >= 0.3 is 0 Å². The van der Waals surface area contributed by atoms with E-state index in [9.17, 15) is 4.79 Å². The standard InChI is InChI=1S/C25H31N3O2S/c1-17-6-7-21(19(3)14-17)24(29)28(9-5-8-27-10-12-30-13-11-27)25-26-22-16-18(2)15-20(4)23(22)31-25/h6-7,14-16H,5,8-13H2,1-4H3. The highest BCUT2D eigenvalue weighted by Gasteiger charge is 2.23. The number of amides is 1. The molecule has 1 amide bonds. The van der Waals surface area contributed by atoms with E-state index in [1.807, 2.05) is 24.0 Å². The van der Waals surface area contributed by atoms with Gasteiger partial charge in [0, 0.05) is 31.7 Å². The fraction of sp³-hybridized carbons (Fsp3) is 0.440. The number of nitrogens with zero attached hydrogens (tertiary/aromatic N) is 3. The number of carbonyl (C=O) groups excluding carboxylic acids is 1. The Kier molecular flexibility index (Phi) is 6.70. The summed E-state index contributed by atoms with van der Waals surface area (Å²) in [6.07, 6.45) is 0.907. The predicted molar refractivity (Wildman–Crippen MR) is 129 cm³/mol. The van der Waals surface area contributed by atoms with Crippen molar-refractivity contribution in [2.75, 3.05) is 44.3 Å². The molecule has 0 unspecified atom stereocenters. The van der Waals surface area contributed by atoms with Crippen LogP contribution in [0.5, 0.6) is 0 Å². The van der Waals surface area contributed by atoms with Gasteiger partial charge < -0.3 is 4.74 Å². The second-order valence-electron chi connectivity index (χ2n) is 8.51. The van der Waals surface area contributed by atoms with Gasteiger partial charge in [-0.1, -0.05) is 35.1 Å². The second kappa shape index (κ2) is 9.47. The summed E-state index contributed by atoms with van der Waals surface area (Å²) in [4.78, 5) is 22.8. The van der Waals surface area contributed by atoms with Gasteiger partial charge in [-0.3, -0.25) is 14.6 Å². The molecule has 1 fully saturated rings. The van der Waals surface area contributed by atoms with Gasteiger partial charge in [0.15, 0.2) is 5.13 Å². The van der Waals surface area contributed by atoms with Crippen molar-refractivity contribution in [2.24, 2.45) is 0 Å². The van der Waals surface area contributed by atoms with Gasteiger partial charge in [-0.05, 0) is 62.9 Å². The molecule has 1 aromatic heterocycles. The highest BCUT2D eigenvalue weighted by Crippen LogP contribution is 2.33. The van der Waals surface area contributed by atoms with Crippen LogP contribution in [0.25, 0.3) is 10.2 Å². The van der Waals surface area contributed by atoms with E-state index in [0.717, 1.165) is 65.7 Å². The molecule has 0 aliphatic carbocycles. The number of thiazole rings is 1.